The lowest BCUT2D eigenvalue weighted by Gasteiger charge is -2.46. The molecule has 0 bridgehead atoms. The smallest absolute Gasteiger partial charge is 0.335 e. The van der Waals surface area contributed by atoms with Crippen molar-refractivity contribution < 1.29 is 33.4 Å². The minimum absolute atomic E-state index is 0.113. The monoisotopic (exact) mass is 676 g/mol. The summed E-state index contributed by atoms with van der Waals surface area (Å²) < 4.78 is 20.6. The number of halogens is 2. The molecule has 3 fully saturated rings. The van der Waals surface area contributed by atoms with Crippen LogP contribution in [-0.2, 0) is 13.0 Å². The fraction of sp³-hybridized carbons (Fsp3) is 0.800. The fourth-order valence-corrected chi connectivity index (χ4v) is 18.9. The fourth-order valence-electron chi connectivity index (χ4n) is 7.04. The summed E-state index contributed by atoms with van der Waals surface area (Å²) in [5, 5.41) is 40.7. The molecule has 0 unspecified atom stereocenters. The van der Waals surface area contributed by atoms with Gasteiger partial charge >= 0.3 is 22.7 Å². The lowest BCUT2D eigenvalue weighted by Crippen LogP contribution is -2.60. The molecule has 43 heavy (non-hydrogen) atoms. The topological polar surface area (TPSA) is 117 Å². The lowest BCUT2D eigenvalue weighted by molar-refractivity contribution is -0.0162. The number of hydrogen-bond donors (Lipinski definition) is 4. The number of fused-ring (bicyclic) bond motifs is 1. The molecule has 3 aliphatic rings. The van der Waals surface area contributed by atoms with Gasteiger partial charge in [-0.1, -0.05) is 92.4 Å². The molecule has 1 aliphatic heterocycles. The third kappa shape index (κ3) is 5.94. The molecule has 0 spiro atoms. The Hall–Kier alpha value is -0.806. The summed E-state index contributed by atoms with van der Waals surface area (Å²) in [6, 6.07) is 0. The maximum Gasteiger partial charge on any atom is 0.335 e. The van der Waals surface area contributed by atoms with E-state index in [0.29, 0.717) is 17.6 Å². The molecule has 1 heterocycles. The number of aliphatic hydroxyl groups excluding tert-OH is 4. The van der Waals surface area contributed by atoms with Crippen LogP contribution in [0.3, 0.4) is 0 Å². The molecule has 0 aromatic heterocycles. The molecule has 3 rings (SSSR count). The van der Waals surface area contributed by atoms with Crippen LogP contribution >= 0.6 is 23.2 Å². The highest BCUT2D eigenvalue weighted by Gasteiger charge is 2.71. The molecular weight excluding hydrogens is 627 g/mol. The highest BCUT2D eigenvalue weighted by molar-refractivity contribution is 6.84. The Labute approximate surface area is 270 Å². The second kappa shape index (κ2) is 14.3. The first-order valence-electron chi connectivity index (χ1n) is 15.0. The molecule has 9 nitrogen and oxygen atoms in total. The van der Waals surface area contributed by atoms with Crippen molar-refractivity contribution in [3.8, 4) is 0 Å². The molecule has 1 saturated heterocycles. The van der Waals surface area contributed by atoms with Crippen molar-refractivity contribution in [1.82, 2.24) is 0 Å². The van der Waals surface area contributed by atoms with Crippen molar-refractivity contribution in [2.75, 3.05) is 6.61 Å². The Morgan fingerprint density at radius 2 is 1.28 bits per heavy atom. The quantitative estimate of drug-likeness (QED) is 0.201. The van der Waals surface area contributed by atoms with Crippen LogP contribution in [0.15, 0.2) is 22.2 Å². The molecule has 0 amide bonds. The molecule has 0 aromatic carbocycles. The molecule has 13 heteroatoms. The van der Waals surface area contributed by atoms with E-state index >= 15 is 0 Å². The Balaban J connectivity index is 0.000000385. The molecule has 2 aliphatic carbocycles. The zero-order valence-electron chi connectivity index (χ0n) is 27.0. The second-order valence-corrected chi connectivity index (χ2v) is 22.4. The van der Waals surface area contributed by atoms with Crippen molar-refractivity contribution in [1.29, 1.82) is 0 Å². The van der Waals surface area contributed by atoms with Crippen LogP contribution < -0.4 is 0 Å². The van der Waals surface area contributed by atoms with Gasteiger partial charge in [0.25, 0.3) is 5.54 Å². The van der Waals surface area contributed by atoms with E-state index in [4.69, 9.17) is 49.3 Å². The maximum absolute atomic E-state index is 11.2. The third-order valence-corrected chi connectivity index (χ3v) is 20.6. The summed E-state index contributed by atoms with van der Waals surface area (Å²) in [5.41, 5.74) is 1.43. The average Bonchev–Trinajstić information content (AvgIpc) is 3.19. The molecule has 0 aromatic rings. The lowest BCUT2D eigenvalue weighted by atomic mass is 9.83. The molecule has 0 radical (unpaired) electrons. The number of hydrogen-bond acceptors (Lipinski definition) is 7. The van der Waals surface area contributed by atoms with E-state index in [0.717, 1.165) is 0 Å². The Bertz CT molecular complexity index is 1120. The minimum Gasteiger partial charge on any atom is -0.414 e. The highest BCUT2D eigenvalue weighted by Crippen LogP contribution is 2.53. The van der Waals surface area contributed by atoms with Gasteiger partial charge in [0.1, 0.15) is 24.9 Å². The van der Waals surface area contributed by atoms with Crippen LogP contribution in [0.25, 0.3) is 9.69 Å². The van der Waals surface area contributed by atoms with E-state index in [1.54, 1.807) is 6.92 Å². The van der Waals surface area contributed by atoms with Crippen molar-refractivity contribution in [3.05, 3.63) is 45.1 Å². The van der Waals surface area contributed by atoms with E-state index in [2.05, 4.69) is 65.1 Å². The van der Waals surface area contributed by atoms with Gasteiger partial charge in [0.15, 0.2) is 6.10 Å². The molecule has 2 saturated carbocycles. The maximum atomic E-state index is 11.2. The number of aliphatic hydroxyl groups is 4. The molecule has 8 atom stereocenters. The van der Waals surface area contributed by atoms with E-state index in [1.165, 1.54) is 11.1 Å². The predicted molar refractivity (Wildman–Crippen MR) is 174 cm³/mol. The largest absolute Gasteiger partial charge is 0.414 e. The van der Waals surface area contributed by atoms with Gasteiger partial charge in [-0.25, -0.2) is 13.1 Å². The van der Waals surface area contributed by atoms with Crippen LogP contribution in [0.4, 0.5) is 0 Å². The summed E-state index contributed by atoms with van der Waals surface area (Å²) in [6.45, 7) is 34.8. The van der Waals surface area contributed by atoms with Gasteiger partial charge in [-0.3, -0.25) is 4.85 Å². The SMILES string of the molecule is [C-]#[N+][C@]1(CC)/C(=C\Cl)[C@H](O)[C@H](O)[C@@H]1C.[C-]#[N+][C@]1(CO)/C(=C\Cl)[C@@H]2O[Si](C(C)C)(C(C)C)O[Si](C(C)C)(C(C)C)O[C@@H]2[C@@H]1O. The molecule has 4 N–H and O–H groups in total. The molecular formula is C30H50Cl2N2O7Si2. The number of nitrogens with zero attached hydrogens (tertiary/aromatic N) is 2. The Kier molecular flexibility index (Phi) is 12.8. The van der Waals surface area contributed by atoms with Gasteiger partial charge in [0.2, 0.25) is 0 Å². The zero-order valence-corrected chi connectivity index (χ0v) is 30.5. The van der Waals surface area contributed by atoms with Crippen LogP contribution in [0.1, 0.15) is 75.7 Å². The summed E-state index contributed by atoms with van der Waals surface area (Å²) in [7, 11) is -5.75. The van der Waals surface area contributed by atoms with Crippen molar-refractivity contribution in [2.45, 2.75) is 139 Å². The first-order valence-corrected chi connectivity index (χ1v) is 19.9. The number of rotatable bonds is 6. The van der Waals surface area contributed by atoms with Crippen LogP contribution in [-0.4, -0.2) is 85.8 Å². The van der Waals surface area contributed by atoms with E-state index in [-0.39, 0.29) is 28.1 Å². The van der Waals surface area contributed by atoms with Crippen molar-refractivity contribution >= 4 is 40.3 Å². The van der Waals surface area contributed by atoms with E-state index < -0.39 is 65.3 Å². The summed E-state index contributed by atoms with van der Waals surface area (Å²) >= 11 is 11.8. The van der Waals surface area contributed by atoms with E-state index in [9.17, 15) is 20.4 Å². The Morgan fingerprint density at radius 1 is 0.837 bits per heavy atom. The first-order chi connectivity index (χ1) is 19.9. The van der Waals surface area contributed by atoms with Crippen molar-refractivity contribution in [3.63, 3.8) is 0 Å². The first kappa shape index (κ1) is 38.4. The third-order valence-electron chi connectivity index (χ3n) is 9.90. The van der Waals surface area contributed by atoms with E-state index in [1.807, 2.05) is 6.92 Å². The molecule has 244 valence electrons. The predicted octanol–water partition coefficient (Wildman–Crippen LogP) is 6.01. The van der Waals surface area contributed by atoms with Gasteiger partial charge in [-0.05, 0) is 22.2 Å². The summed E-state index contributed by atoms with van der Waals surface area (Å²) in [4.78, 5) is 7.18. The van der Waals surface area contributed by atoms with Crippen LogP contribution in [0.5, 0.6) is 0 Å². The van der Waals surface area contributed by atoms with Gasteiger partial charge in [-0.15, -0.1) is 0 Å². The Morgan fingerprint density at radius 3 is 1.60 bits per heavy atom. The van der Waals surface area contributed by atoms with Crippen LogP contribution in [0.2, 0.25) is 22.2 Å². The van der Waals surface area contributed by atoms with Gasteiger partial charge in [0, 0.05) is 17.5 Å². The summed E-state index contributed by atoms with van der Waals surface area (Å²) in [6.07, 6.45) is -4.12. The normalized spacial score (nSPS) is 38.7. The van der Waals surface area contributed by atoms with Crippen LogP contribution in [0, 0.1) is 19.1 Å². The zero-order chi connectivity index (χ0) is 33.3. The second-order valence-electron chi connectivity index (χ2n) is 13.2. The van der Waals surface area contributed by atoms with Crippen molar-refractivity contribution in [2.24, 2.45) is 5.92 Å². The van der Waals surface area contributed by atoms with Gasteiger partial charge in [-0.2, -0.15) is 0 Å². The minimum atomic E-state index is -2.88. The summed E-state index contributed by atoms with van der Waals surface area (Å²) in [5.74, 6) is -0.287. The highest BCUT2D eigenvalue weighted by atomic mass is 35.5. The van der Waals surface area contributed by atoms with Gasteiger partial charge < -0.3 is 38.2 Å². The average molecular weight is 678 g/mol. The van der Waals surface area contributed by atoms with Gasteiger partial charge in [0.05, 0.1) is 23.2 Å². The standard InChI is InChI=1S/C20H36ClNO5Si2.C10H14ClNO2/c1-12(2)28(13(3)4)25-17-16(10-21)20(11-23,22-9)19(24)18(17)26-29(27-28,14(5)6)15(7)8;1-4-10(12-3)6(2)8(13)9(14)7(10)5-11/h10,12-15,17-19,23-24H,11H2,1-8H3;5-6,8-9,13-14H,4H2,1-2H3/b16-10-;7-5-/t17-,18-,19-,20+;6-,8+,9-,10-/m00/s1.